The van der Waals surface area contributed by atoms with Crippen LogP contribution in [0.25, 0.3) is 22.2 Å². The Morgan fingerprint density at radius 1 is 1.17 bits per heavy atom. The number of fused-ring (bicyclic) bond motifs is 5. The highest BCUT2D eigenvalue weighted by Crippen LogP contribution is 2.39. The minimum atomic E-state index is -0.219. The molecule has 0 aliphatic carbocycles. The average Bonchev–Trinajstić information content (AvgIpc) is 3.07. The average molecular weight is 397 g/mol. The van der Waals surface area contributed by atoms with Gasteiger partial charge in [0.05, 0.1) is 30.8 Å². The topological polar surface area (TPSA) is 85.5 Å². The quantitative estimate of drug-likeness (QED) is 0.719. The molecule has 5 rings (SSSR count). The summed E-state index contributed by atoms with van der Waals surface area (Å²) in [5.74, 6) is 0.721. The van der Waals surface area contributed by atoms with Gasteiger partial charge in [-0.3, -0.25) is 4.90 Å². The van der Waals surface area contributed by atoms with Crippen LogP contribution < -0.4 is 5.32 Å². The van der Waals surface area contributed by atoms with E-state index in [1.54, 1.807) is 6.33 Å². The number of furan rings is 1. The zero-order valence-corrected chi connectivity index (χ0v) is 17.2. The van der Waals surface area contributed by atoms with Crippen LogP contribution >= 0.6 is 0 Å². The number of anilines is 1. The van der Waals surface area contributed by atoms with Crippen molar-refractivity contribution in [2.75, 3.05) is 44.7 Å². The molecule has 154 valence electrons. The molecule has 2 aliphatic heterocycles. The third-order valence-electron chi connectivity index (χ3n) is 5.86. The van der Waals surface area contributed by atoms with Gasteiger partial charge in [-0.05, 0) is 26.3 Å². The SMILES string of the molecule is Cc1nc2oc3c(NCCN4CCOCC4)ncnc3c2c2c1COC(C)(C)C2. The zero-order valence-electron chi connectivity index (χ0n) is 17.2. The molecule has 2 aliphatic rings. The van der Waals surface area contributed by atoms with E-state index in [1.807, 2.05) is 6.92 Å². The van der Waals surface area contributed by atoms with E-state index in [9.17, 15) is 0 Å². The lowest BCUT2D eigenvalue weighted by Crippen LogP contribution is -2.39. The van der Waals surface area contributed by atoms with E-state index in [-0.39, 0.29) is 5.60 Å². The van der Waals surface area contributed by atoms with Gasteiger partial charge >= 0.3 is 0 Å². The highest BCUT2D eigenvalue weighted by molar-refractivity contribution is 6.06. The molecule has 0 unspecified atom stereocenters. The summed E-state index contributed by atoms with van der Waals surface area (Å²) in [4.78, 5) is 16.1. The van der Waals surface area contributed by atoms with Gasteiger partial charge in [-0.15, -0.1) is 0 Å². The summed E-state index contributed by atoms with van der Waals surface area (Å²) in [6, 6.07) is 0. The third kappa shape index (κ3) is 3.45. The normalized spacial score (nSPS) is 19.6. The number of aryl methyl sites for hydroxylation is 1. The second kappa shape index (κ2) is 7.19. The number of rotatable bonds is 4. The Balaban J connectivity index is 1.50. The molecule has 8 heteroatoms. The van der Waals surface area contributed by atoms with Crippen molar-refractivity contribution in [3.8, 4) is 0 Å². The molecule has 3 aromatic rings. The van der Waals surface area contributed by atoms with Crippen molar-refractivity contribution in [3.05, 3.63) is 23.1 Å². The maximum Gasteiger partial charge on any atom is 0.229 e. The van der Waals surface area contributed by atoms with E-state index in [2.05, 4.69) is 34.0 Å². The number of hydrogen-bond acceptors (Lipinski definition) is 8. The van der Waals surface area contributed by atoms with E-state index in [1.165, 1.54) is 5.56 Å². The molecular formula is C21H27N5O3. The van der Waals surface area contributed by atoms with E-state index in [0.717, 1.165) is 73.8 Å². The lowest BCUT2D eigenvalue weighted by Gasteiger charge is -2.32. The first-order valence-corrected chi connectivity index (χ1v) is 10.3. The predicted molar refractivity (Wildman–Crippen MR) is 110 cm³/mol. The molecule has 1 saturated heterocycles. The van der Waals surface area contributed by atoms with E-state index in [4.69, 9.17) is 18.9 Å². The summed E-state index contributed by atoms with van der Waals surface area (Å²) >= 11 is 0. The van der Waals surface area contributed by atoms with Crippen molar-refractivity contribution >= 4 is 28.0 Å². The lowest BCUT2D eigenvalue weighted by molar-refractivity contribution is -0.0400. The molecule has 8 nitrogen and oxygen atoms in total. The van der Waals surface area contributed by atoms with E-state index < -0.39 is 0 Å². The van der Waals surface area contributed by atoms with Gasteiger partial charge in [0, 0.05) is 43.9 Å². The largest absolute Gasteiger partial charge is 0.432 e. The molecule has 1 fully saturated rings. The van der Waals surface area contributed by atoms with E-state index >= 15 is 0 Å². The molecule has 1 N–H and O–H groups in total. The molecular weight excluding hydrogens is 370 g/mol. The number of hydrogen-bond donors (Lipinski definition) is 1. The lowest BCUT2D eigenvalue weighted by atomic mass is 9.89. The second-order valence-electron chi connectivity index (χ2n) is 8.44. The third-order valence-corrected chi connectivity index (χ3v) is 5.86. The van der Waals surface area contributed by atoms with Gasteiger partial charge in [0.1, 0.15) is 11.8 Å². The smallest absolute Gasteiger partial charge is 0.229 e. The molecule has 0 bridgehead atoms. The van der Waals surface area contributed by atoms with Gasteiger partial charge in [0.15, 0.2) is 11.4 Å². The van der Waals surface area contributed by atoms with E-state index in [0.29, 0.717) is 17.9 Å². The fraction of sp³-hybridized carbons (Fsp3) is 0.571. The van der Waals surface area contributed by atoms with Crippen LogP contribution in [0.2, 0.25) is 0 Å². The van der Waals surface area contributed by atoms with Gasteiger partial charge in [-0.25, -0.2) is 15.0 Å². The van der Waals surface area contributed by atoms with Crippen LogP contribution in [0.1, 0.15) is 30.7 Å². The van der Waals surface area contributed by atoms with Gasteiger partial charge in [-0.1, -0.05) is 0 Å². The molecule has 5 heterocycles. The second-order valence-corrected chi connectivity index (χ2v) is 8.44. The first kappa shape index (κ1) is 18.7. The number of morpholine rings is 1. The maximum atomic E-state index is 6.17. The first-order chi connectivity index (χ1) is 14.0. The van der Waals surface area contributed by atoms with Crippen molar-refractivity contribution in [3.63, 3.8) is 0 Å². The Morgan fingerprint density at radius 2 is 2.00 bits per heavy atom. The minimum absolute atomic E-state index is 0.219. The summed E-state index contributed by atoms with van der Waals surface area (Å²) < 4.78 is 17.6. The Kier molecular flexibility index (Phi) is 4.64. The zero-order chi connectivity index (χ0) is 20.0. The number of ether oxygens (including phenoxy) is 2. The number of aromatic nitrogens is 3. The van der Waals surface area contributed by atoms with Crippen LogP contribution in [0, 0.1) is 6.92 Å². The van der Waals surface area contributed by atoms with Crippen LogP contribution in [-0.2, 0) is 22.5 Å². The van der Waals surface area contributed by atoms with Crippen molar-refractivity contribution in [1.82, 2.24) is 19.9 Å². The predicted octanol–water partition coefficient (Wildman–Crippen LogP) is 2.67. The van der Waals surface area contributed by atoms with Crippen molar-refractivity contribution < 1.29 is 13.9 Å². The van der Waals surface area contributed by atoms with Crippen LogP contribution in [0.5, 0.6) is 0 Å². The van der Waals surface area contributed by atoms with Gasteiger partial charge in [0.25, 0.3) is 0 Å². The van der Waals surface area contributed by atoms with Gasteiger partial charge < -0.3 is 19.2 Å². The fourth-order valence-electron chi connectivity index (χ4n) is 4.25. The van der Waals surface area contributed by atoms with Crippen molar-refractivity contribution in [2.24, 2.45) is 0 Å². The molecule has 3 aromatic heterocycles. The van der Waals surface area contributed by atoms with Crippen LogP contribution in [0.4, 0.5) is 5.82 Å². The number of nitrogens with zero attached hydrogens (tertiary/aromatic N) is 4. The van der Waals surface area contributed by atoms with Gasteiger partial charge in [-0.2, -0.15) is 0 Å². The number of nitrogens with one attached hydrogen (secondary N) is 1. The summed E-state index contributed by atoms with van der Waals surface area (Å²) in [6.07, 6.45) is 2.41. The standard InChI is InChI=1S/C21H27N5O3/c1-13-15-11-28-21(2,3)10-14(15)16-17-18(29-20(16)25-13)19(24-12-23-17)22-4-5-26-6-8-27-9-7-26/h12H,4-11H2,1-3H3,(H,22,23,24). The Hall–Kier alpha value is -2.29. The fourth-order valence-corrected chi connectivity index (χ4v) is 4.25. The summed E-state index contributed by atoms with van der Waals surface area (Å²) in [5, 5.41) is 4.42. The highest BCUT2D eigenvalue weighted by Gasteiger charge is 2.31. The summed E-state index contributed by atoms with van der Waals surface area (Å²) in [7, 11) is 0. The Labute approximate surface area is 169 Å². The monoisotopic (exact) mass is 397 g/mol. The van der Waals surface area contributed by atoms with Crippen LogP contribution in [0.15, 0.2) is 10.7 Å². The number of pyridine rings is 1. The summed E-state index contributed by atoms with van der Waals surface area (Å²) in [5.41, 5.74) is 5.26. The first-order valence-electron chi connectivity index (χ1n) is 10.3. The molecule has 29 heavy (non-hydrogen) atoms. The summed E-state index contributed by atoms with van der Waals surface area (Å²) in [6.45, 7) is 12.1. The maximum absolute atomic E-state index is 6.17. The van der Waals surface area contributed by atoms with Crippen LogP contribution in [-0.4, -0.2) is 64.8 Å². The molecule has 0 radical (unpaired) electrons. The molecule has 0 saturated carbocycles. The Bertz CT molecular complexity index is 1060. The molecule has 0 atom stereocenters. The van der Waals surface area contributed by atoms with Crippen molar-refractivity contribution in [2.45, 2.75) is 39.4 Å². The molecule has 0 aromatic carbocycles. The van der Waals surface area contributed by atoms with Crippen LogP contribution in [0.3, 0.4) is 0 Å². The van der Waals surface area contributed by atoms with Crippen molar-refractivity contribution in [1.29, 1.82) is 0 Å². The molecule has 0 spiro atoms. The molecule has 0 amide bonds. The minimum Gasteiger partial charge on any atom is -0.432 e. The highest BCUT2D eigenvalue weighted by atomic mass is 16.5. The Morgan fingerprint density at radius 3 is 2.83 bits per heavy atom. The van der Waals surface area contributed by atoms with Gasteiger partial charge in [0.2, 0.25) is 5.71 Å².